The number of carbonyl (C=O) groups excluding carboxylic acids is 4. The summed E-state index contributed by atoms with van der Waals surface area (Å²) in [5.41, 5.74) is 3.14. The molecule has 0 spiro atoms. The number of hydrogen-bond acceptors (Lipinski definition) is 8. The van der Waals surface area contributed by atoms with Gasteiger partial charge in [-0.25, -0.2) is 0 Å². The van der Waals surface area contributed by atoms with Crippen molar-refractivity contribution in [2.45, 2.75) is 24.2 Å². The predicted octanol–water partition coefficient (Wildman–Crippen LogP) is 6.23. The van der Waals surface area contributed by atoms with Gasteiger partial charge in [-0.05, 0) is 71.5 Å². The molecule has 2 heterocycles. The molecule has 6 atom stereocenters. The maximum atomic E-state index is 15.4. The Kier molecular flexibility index (Phi) is 7.26. The van der Waals surface area contributed by atoms with Gasteiger partial charge in [0, 0.05) is 16.5 Å². The summed E-state index contributed by atoms with van der Waals surface area (Å²) in [6, 6.07) is 22.3. The smallest absolute Gasteiger partial charge is 0.260 e. The fraction of sp³-hybridized carbons (Fsp3) is 0.243. The van der Waals surface area contributed by atoms with Crippen LogP contribution in [0.3, 0.4) is 0 Å². The van der Waals surface area contributed by atoms with Gasteiger partial charge in [0.15, 0.2) is 0 Å². The largest absolute Gasteiger partial charge is 0.508 e. The highest BCUT2D eigenvalue weighted by molar-refractivity contribution is 6.36. The molecule has 3 N–H and O–H groups in total. The monoisotopic (exact) mass is 697 g/mol. The molecule has 0 radical (unpaired) electrons. The number of ether oxygens (including phenoxy) is 1. The molecule has 10 nitrogen and oxygen atoms in total. The Morgan fingerprint density at radius 1 is 0.898 bits per heavy atom. The summed E-state index contributed by atoms with van der Waals surface area (Å²) in [5, 5.41) is 25.4. The maximum absolute atomic E-state index is 15.4. The first-order chi connectivity index (χ1) is 23.6. The minimum Gasteiger partial charge on any atom is -0.508 e. The number of hydroxylamine groups is 2. The Hall–Kier alpha value is -4.90. The number of aromatic hydroxyl groups is 1. The zero-order valence-electron chi connectivity index (χ0n) is 26.0. The molecule has 49 heavy (non-hydrogen) atoms. The van der Waals surface area contributed by atoms with E-state index in [4.69, 9.17) is 27.9 Å². The van der Waals surface area contributed by atoms with E-state index < -0.39 is 58.6 Å². The van der Waals surface area contributed by atoms with Crippen LogP contribution in [0.1, 0.15) is 29.9 Å². The van der Waals surface area contributed by atoms with Crippen molar-refractivity contribution < 1.29 is 34.2 Å². The average molecular weight is 699 g/mol. The summed E-state index contributed by atoms with van der Waals surface area (Å²) in [4.78, 5) is 56.7. The van der Waals surface area contributed by atoms with E-state index in [1.54, 1.807) is 48.5 Å². The average Bonchev–Trinajstić information content (AvgIpc) is 3.46. The van der Waals surface area contributed by atoms with Crippen molar-refractivity contribution in [1.82, 2.24) is 10.1 Å². The highest BCUT2D eigenvalue weighted by Crippen LogP contribution is 2.65. The van der Waals surface area contributed by atoms with E-state index in [2.05, 4.69) is 5.43 Å². The molecular formula is C37H29Cl2N3O7. The van der Waals surface area contributed by atoms with E-state index in [0.29, 0.717) is 32.9 Å². The van der Waals surface area contributed by atoms with E-state index >= 15 is 4.79 Å². The third-order valence-electron chi connectivity index (χ3n) is 10.8. The number of nitrogens with one attached hydrogen (secondary N) is 1. The van der Waals surface area contributed by atoms with Gasteiger partial charge in [0.1, 0.15) is 11.5 Å². The highest BCUT2D eigenvalue weighted by atomic mass is 35.5. The summed E-state index contributed by atoms with van der Waals surface area (Å²) >= 11 is 12.6. The van der Waals surface area contributed by atoms with Crippen LogP contribution < -0.4 is 10.2 Å². The van der Waals surface area contributed by atoms with Gasteiger partial charge in [0.25, 0.3) is 23.6 Å². The molecular weight excluding hydrogens is 669 g/mol. The lowest BCUT2D eigenvalue weighted by atomic mass is 9.48. The number of amides is 4. The molecule has 4 aromatic rings. The fourth-order valence-electron chi connectivity index (χ4n) is 8.73. The fourth-order valence-corrected chi connectivity index (χ4v) is 9.18. The van der Waals surface area contributed by atoms with E-state index in [0.717, 1.165) is 10.4 Å². The van der Waals surface area contributed by atoms with Crippen LogP contribution in [0.25, 0.3) is 10.8 Å². The molecule has 6 unspecified atom stereocenters. The minimum absolute atomic E-state index is 0.0189. The summed E-state index contributed by atoms with van der Waals surface area (Å²) in [5.74, 6) is -6.70. The Labute approximate surface area is 290 Å². The molecule has 8 rings (SSSR count). The summed E-state index contributed by atoms with van der Waals surface area (Å²) < 4.78 is 5.44. The lowest BCUT2D eigenvalue weighted by Gasteiger charge is -2.50. The van der Waals surface area contributed by atoms with Crippen molar-refractivity contribution in [2.75, 3.05) is 12.5 Å². The number of hydrogen-bond donors (Lipinski definition) is 3. The van der Waals surface area contributed by atoms with Crippen LogP contribution in [-0.4, -0.2) is 51.1 Å². The molecule has 2 saturated heterocycles. The standard InChI is InChI=1S/C37H29Cl2N3O7/c1-49-21-10-7-19(8-11-21)37-26(34(45)41(36(37)47)40-28-14-9-20(38)16-27(28)39)17-25-23(12-13-24-30(25)35(46)42(48)33(24)44)32(37)31-22-5-3-2-4-18(22)6-15-29(31)43/h2-12,14-16,24-26,30,32,40,43,48H,13,17H2,1H3. The number of fused-ring (bicyclic) bond motifs is 5. The third-order valence-corrected chi connectivity index (χ3v) is 11.3. The van der Waals surface area contributed by atoms with Gasteiger partial charge in [0.05, 0.1) is 41.0 Å². The van der Waals surface area contributed by atoms with E-state index in [1.165, 1.54) is 13.2 Å². The molecule has 0 aromatic heterocycles. The van der Waals surface area contributed by atoms with Crippen LogP contribution in [0.2, 0.25) is 10.0 Å². The Balaban J connectivity index is 1.43. The van der Waals surface area contributed by atoms with Crippen molar-refractivity contribution in [3.05, 3.63) is 112 Å². The Bertz CT molecular complexity index is 2140. The van der Waals surface area contributed by atoms with Gasteiger partial charge in [0.2, 0.25) is 0 Å². The molecule has 0 bridgehead atoms. The van der Waals surface area contributed by atoms with Crippen LogP contribution in [0.4, 0.5) is 5.69 Å². The van der Waals surface area contributed by atoms with Gasteiger partial charge in [-0.3, -0.25) is 29.8 Å². The predicted molar refractivity (Wildman–Crippen MR) is 180 cm³/mol. The highest BCUT2D eigenvalue weighted by Gasteiger charge is 2.71. The number of halogens is 2. The Morgan fingerprint density at radius 2 is 1.65 bits per heavy atom. The molecule has 2 aliphatic carbocycles. The number of carbonyl (C=O) groups is 4. The van der Waals surface area contributed by atoms with Gasteiger partial charge >= 0.3 is 0 Å². The number of phenols is 1. The maximum Gasteiger partial charge on any atom is 0.260 e. The van der Waals surface area contributed by atoms with Crippen molar-refractivity contribution in [3.8, 4) is 11.5 Å². The van der Waals surface area contributed by atoms with E-state index in [-0.39, 0.29) is 34.4 Å². The second kappa shape index (κ2) is 11.3. The first-order valence-electron chi connectivity index (χ1n) is 15.8. The number of imide groups is 2. The molecule has 3 fully saturated rings. The topological polar surface area (TPSA) is 136 Å². The number of phenolic OH excluding ortho intramolecular Hbond substituents is 1. The molecule has 2 aliphatic heterocycles. The number of methoxy groups -OCH3 is 1. The molecule has 4 aromatic carbocycles. The molecule has 4 aliphatic rings. The first kappa shape index (κ1) is 31.4. The minimum atomic E-state index is -1.64. The van der Waals surface area contributed by atoms with E-state index in [1.807, 2.05) is 30.3 Å². The Morgan fingerprint density at radius 3 is 2.39 bits per heavy atom. The van der Waals surface area contributed by atoms with E-state index in [9.17, 15) is 24.7 Å². The van der Waals surface area contributed by atoms with Crippen molar-refractivity contribution >= 4 is 63.3 Å². The third kappa shape index (κ3) is 4.37. The van der Waals surface area contributed by atoms with Crippen LogP contribution in [0, 0.1) is 23.7 Å². The van der Waals surface area contributed by atoms with Crippen molar-refractivity contribution in [1.29, 1.82) is 0 Å². The van der Waals surface area contributed by atoms with Gasteiger partial charge in [-0.1, -0.05) is 77.3 Å². The zero-order valence-corrected chi connectivity index (χ0v) is 27.5. The number of anilines is 1. The summed E-state index contributed by atoms with van der Waals surface area (Å²) in [7, 11) is 1.53. The van der Waals surface area contributed by atoms with Crippen LogP contribution in [0.15, 0.2) is 90.5 Å². The van der Waals surface area contributed by atoms with Crippen molar-refractivity contribution in [2.24, 2.45) is 23.7 Å². The second-order valence-electron chi connectivity index (χ2n) is 12.9. The van der Waals surface area contributed by atoms with Gasteiger partial charge in [-0.2, -0.15) is 10.1 Å². The summed E-state index contributed by atoms with van der Waals surface area (Å²) in [6.07, 6.45) is 2.01. The quantitative estimate of drug-likeness (QED) is 0.127. The molecule has 12 heteroatoms. The SMILES string of the molecule is COc1ccc(C23C(=O)N(Nc4ccc(Cl)cc4Cl)C(=O)C2CC2C(=CCC4C(=O)N(O)C(=O)C42)C3c2c(O)ccc3ccccc23)cc1. The second-order valence-corrected chi connectivity index (χ2v) is 13.8. The normalized spacial score (nSPS) is 27.6. The summed E-state index contributed by atoms with van der Waals surface area (Å²) in [6.45, 7) is 0. The number of hydrazine groups is 1. The van der Waals surface area contributed by atoms with Crippen LogP contribution in [-0.2, 0) is 24.6 Å². The van der Waals surface area contributed by atoms with Gasteiger partial charge in [-0.15, -0.1) is 0 Å². The molecule has 1 saturated carbocycles. The first-order valence-corrected chi connectivity index (χ1v) is 16.5. The number of rotatable bonds is 5. The lowest BCUT2D eigenvalue weighted by molar-refractivity contribution is -0.173. The molecule has 4 amide bonds. The number of allylic oxidation sites excluding steroid dienone is 2. The van der Waals surface area contributed by atoms with Crippen LogP contribution >= 0.6 is 23.2 Å². The lowest BCUT2D eigenvalue weighted by Crippen LogP contribution is -2.53. The van der Waals surface area contributed by atoms with Crippen molar-refractivity contribution in [3.63, 3.8) is 0 Å². The zero-order chi connectivity index (χ0) is 34.4. The van der Waals surface area contributed by atoms with Crippen LogP contribution in [0.5, 0.6) is 11.5 Å². The molecule has 248 valence electrons. The van der Waals surface area contributed by atoms with Gasteiger partial charge < -0.3 is 9.84 Å². The number of benzene rings is 4. The number of nitrogens with zero attached hydrogens (tertiary/aromatic N) is 2.